The monoisotopic (exact) mass is 356 g/mol. The Bertz CT molecular complexity index is 692. The molecule has 0 atom stereocenters. The lowest BCUT2D eigenvalue weighted by Gasteiger charge is -2.37. The van der Waals surface area contributed by atoms with E-state index >= 15 is 0 Å². The second-order valence-electron chi connectivity index (χ2n) is 7.02. The van der Waals surface area contributed by atoms with Gasteiger partial charge in [0, 0.05) is 5.48 Å². The van der Waals surface area contributed by atoms with E-state index in [-0.39, 0.29) is 23.5 Å². The highest BCUT2D eigenvalue weighted by molar-refractivity contribution is 5.29. The number of ether oxygens (including phenoxy) is 1. The molecule has 0 radical (unpaired) electrons. The zero-order chi connectivity index (χ0) is 21.4. The summed E-state index contributed by atoms with van der Waals surface area (Å²) in [4.78, 5) is 0. The molecule has 0 aliphatic heterocycles. The molecule has 25 heavy (non-hydrogen) atoms. The first-order chi connectivity index (χ1) is 13.4. The minimum Gasteiger partial charge on any atom is -0.406 e. The maximum absolute atomic E-state index is 12.3. The van der Waals surface area contributed by atoms with Crippen LogP contribution in [0.1, 0.15) is 68.2 Å². The highest BCUT2D eigenvalue weighted by atomic mass is 19.4. The Morgan fingerprint density at radius 2 is 1.52 bits per heavy atom. The molecular weight excluding hydrogens is 325 g/mol. The zero-order valence-electron chi connectivity index (χ0n) is 18.2. The fraction of sp³-hybridized carbons (Fsp3) is 0.619. The molecule has 2 aliphatic rings. The number of hydrogen-bond donors (Lipinski definition) is 0. The third-order valence-electron chi connectivity index (χ3n) is 5.46. The summed E-state index contributed by atoms with van der Waals surface area (Å²) >= 11 is 0. The molecule has 0 bridgehead atoms. The molecule has 1 nitrogen and oxygen atoms in total. The van der Waals surface area contributed by atoms with Gasteiger partial charge < -0.3 is 4.74 Å². The second-order valence-corrected chi connectivity index (χ2v) is 7.02. The van der Waals surface area contributed by atoms with Crippen LogP contribution in [0.25, 0.3) is 0 Å². The Morgan fingerprint density at radius 1 is 0.960 bits per heavy atom. The average molecular weight is 356 g/mol. The normalized spacial score (nSPS) is 37.1. The van der Waals surface area contributed by atoms with Crippen LogP contribution in [0.15, 0.2) is 36.9 Å². The molecule has 1 aromatic carbocycles. The van der Waals surface area contributed by atoms with E-state index in [1.165, 1.54) is 18.2 Å². The zero-order valence-corrected chi connectivity index (χ0v) is 14.2. The smallest absolute Gasteiger partial charge is 0.406 e. The predicted molar refractivity (Wildman–Crippen MR) is 93.5 cm³/mol. The molecule has 138 valence electrons. The minimum absolute atomic E-state index is 0.000267. The van der Waals surface area contributed by atoms with Crippen molar-refractivity contribution in [1.29, 1.82) is 0 Å². The summed E-state index contributed by atoms with van der Waals surface area (Å²) in [6.07, 6.45) is -2.28. The van der Waals surface area contributed by atoms with Crippen molar-refractivity contribution < 1.29 is 23.4 Å². The van der Waals surface area contributed by atoms with Crippen molar-refractivity contribution in [2.75, 3.05) is 0 Å². The van der Waals surface area contributed by atoms with Crippen LogP contribution in [0.4, 0.5) is 13.2 Å². The van der Waals surface area contributed by atoms with Crippen molar-refractivity contribution in [3.63, 3.8) is 0 Å². The van der Waals surface area contributed by atoms with Crippen LogP contribution in [0.5, 0.6) is 5.75 Å². The first-order valence-corrected chi connectivity index (χ1v) is 8.89. The lowest BCUT2D eigenvalue weighted by molar-refractivity contribution is -0.274. The number of allylic oxidation sites excluding steroid dienone is 1. The molecule has 0 heterocycles. The van der Waals surface area contributed by atoms with Gasteiger partial charge in [-0.15, -0.1) is 19.8 Å². The summed E-state index contributed by atoms with van der Waals surface area (Å²) in [6.45, 7) is 3.63. The first-order valence-electron chi connectivity index (χ1n) is 10.9. The summed E-state index contributed by atoms with van der Waals surface area (Å²) in [6, 6.07) is 6.04. The van der Waals surface area contributed by atoms with Gasteiger partial charge in [-0.2, -0.15) is 0 Å². The summed E-state index contributed by atoms with van der Waals surface area (Å²) in [5.74, 6) is -0.489. The number of benzene rings is 1. The van der Waals surface area contributed by atoms with E-state index < -0.39 is 25.0 Å². The van der Waals surface area contributed by atoms with Crippen LogP contribution < -0.4 is 4.74 Å². The molecule has 2 fully saturated rings. The van der Waals surface area contributed by atoms with Crippen LogP contribution in [0.3, 0.4) is 0 Å². The van der Waals surface area contributed by atoms with E-state index in [9.17, 15) is 13.2 Å². The summed E-state index contributed by atoms with van der Waals surface area (Å²) in [5.41, 5.74) is 0.985. The molecular formula is C21H27F3O. The van der Waals surface area contributed by atoms with Crippen molar-refractivity contribution in [1.82, 2.24) is 0 Å². The molecule has 3 rings (SSSR count). The standard InChI is InChI=1S/C21H27F3O/c1-2-15-3-5-16(6-4-15)17-7-9-18(10-8-17)19-11-13-20(14-12-19)25-21(22,23)24/h2,11-18H,1,3-10H2/i3D2,4D2. The van der Waals surface area contributed by atoms with Gasteiger partial charge in [0.2, 0.25) is 0 Å². The quantitative estimate of drug-likeness (QED) is 0.536. The molecule has 0 unspecified atom stereocenters. The SMILES string of the molecule is [2H]C1([2H])CC(C2CCC(c3ccc(OC(F)(F)F)cc3)CC2)CC([2H])([2H])C1C=C. The number of rotatable bonds is 4. The molecule has 1 aromatic rings. The van der Waals surface area contributed by atoms with Gasteiger partial charge in [0.1, 0.15) is 5.75 Å². The fourth-order valence-corrected chi connectivity index (χ4v) is 4.07. The van der Waals surface area contributed by atoms with Crippen molar-refractivity contribution in [3.8, 4) is 5.75 Å². The van der Waals surface area contributed by atoms with Crippen molar-refractivity contribution in [2.45, 2.75) is 63.6 Å². The predicted octanol–water partition coefficient (Wildman–Crippen LogP) is 6.85. The van der Waals surface area contributed by atoms with Crippen molar-refractivity contribution in [2.24, 2.45) is 17.8 Å². The molecule has 0 amide bonds. The van der Waals surface area contributed by atoms with Crippen LogP contribution in [0.2, 0.25) is 0 Å². The molecule has 0 saturated heterocycles. The van der Waals surface area contributed by atoms with E-state index in [2.05, 4.69) is 11.3 Å². The maximum atomic E-state index is 12.3. The van der Waals surface area contributed by atoms with Gasteiger partial charge in [-0.1, -0.05) is 18.2 Å². The lowest BCUT2D eigenvalue weighted by atomic mass is 9.68. The van der Waals surface area contributed by atoms with E-state index in [1.807, 2.05) is 0 Å². The van der Waals surface area contributed by atoms with Crippen molar-refractivity contribution in [3.05, 3.63) is 42.5 Å². The topological polar surface area (TPSA) is 9.23 Å². The molecule has 2 aliphatic carbocycles. The van der Waals surface area contributed by atoms with Crippen LogP contribution >= 0.6 is 0 Å². The summed E-state index contributed by atoms with van der Waals surface area (Å²) < 4.78 is 74.0. The average Bonchev–Trinajstić information content (AvgIpc) is 2.59. The van der Waals surface area contributed by atoms with E-state index in [0.717, 1.165) is 31.2 Å². The Balaban J connectivity index is 1.60. The van der Waals surface area contributed by atoms with Crippen LogP contribution in [-0.4, -0.2) is 6.36 Å². The highest BCUT2D eigenvalue weighted by Gasteiger charge is 2.32. The third kappa shape index (κ3) is 5.02. The van der Waals surface area contributed by atoms with E-state index in [1.54, 1.807) is 12.1 Å². The van der Waals surface area contributed by atoms with Gasteiger partial charge in [-0.05, 0) is 92.6 Å². The fourth-order valence-electron chi connectivity index (χ4n) is 4.07. The third-order valence-corrected chi connectivity index (χ3v) is 5.46. The Morgan fingerprint density at radius 3 is 2.04 bits per heavy atom. The highest BCUT2D eigenvalue weighted by Crippen LogP contribution is 2.44. The molecule has 2 saturated carbocycles. The van der Waals surface area contributed by atoms with Crippen LogP contribution in [-0.2, 0) is 0 Å². The number of halogens is 3. The van der Waals surface area contributed by atoms with Gasteiger partial charge in [-0.25, -0.2) is 0 Å². The first kappa shape index (κ1) is 13.7. The molecule has 0 spiro atoms. The molecule has 4 heteroatoms. The van der Waals surface area contributed by atoms with Gasteiger partial charge in [0.05, 0.1) is 0 Å². The van der Waals surface area contributed by atoms with Gasteiger partial charge >= 0.3 is 6.36 Å². The van der Waals surface area contributed by atoms with Crippen molar-refractivity contribution >= 4 is 0 Å². The van der Waals surface area contributed by atoms with Gasteiger partial charge in [-0.3, -0.25) is 0 Å². The second kappa shape index (κ2) is 7.84. The maximum Gasteiger partial charge on any atom is 0.573 e. The van der Waals surface area contributed by atoms with Gasteiger partial charge in [0.15, 0.2) is 0 Å². The van der Waals surface area contributed by atoms with E-state index in [0.29, 0.717) is 12.8 Å². The largest absolute Gasteiger partial charge is 0.573 e. The molecule has 0 N–H and O–H groups in total. The lowest BCUT2D eigenvalue weighted by Crippen LogP contribution is -2.25. The number of alkyl halides is 3. The van der Waals surface area contributed by atoms with Crippen LogP contribution in [0, 0.1) is 17.8 Å². The Kier molecular flexibility index (Phi) is 4.30. The molecule has 0 aromatic heterocycles. The minimum atomic E-state index is -4.69. The Labute approximate surface area is 153 Å². The number of hydrogen-bond acceptors (Lipinski definition) is 1. The summed E-state index contributed by atoms with van der Waals surface area (Å²) in [7, 11) is 0. The summed E-state index contributed by atoms with van der Waals surface area (Å²) in [5, 5.41) is 0. The van der Waals surface area contributed by atoms with E-state index in [4.69, 9.17) is 5.48 Å². The Hall–Kier alpha value is -1.45. The van der Waals surface area contributed by atoms with Gasteiger partial charge in [0.25, 0.3) is 0 Å².